The third-order valence-corrected chi connectivity index (χ3v) is 4.81. The molecule has 1 N–H and O–H groups in total. The molecule has 0 radical (unpaired) electrons. The van der Waals surface area contributed by atoms with Crippen LogP contribution in [0, 0.1) is 0 Å². The first-order chi connectivity index (χ1) is 11.7. The van der Waals surface area contributed by atoms with Gasteiger partial charge in [0, 0.05) is 30.5 Å². The molecule has 3 rings (SSSR count). The Bertz CT molecular complexity index is 829. The fourth-order valence-electron chi connectivity index (χ4n) is 2.29. The molecule has 0 spiro atoms. The summed E-state index contributed by atoms with van der Waals surface area (Å²) in [6.45, 7) is 3.00. The van der Waals surface area contributed by atoms with Gasteiger partial charge in [0.1, 0.15) is 9.88 Å². The predicted molar refractivity (Wildman–Crippen MR) is 101 cm³/mol. The smallest absolute Gasteiger partial charge is 0.267 e. The highest BCUT2D eigenvalue weighted by Crippen LogP contribution is 2.26. The number of rotatable bonds is 5. The van der Waals surface area contributed by atoms with E-state index in [9.17, 15) is 4.79 Å². The number of nitrogens with one attached hydrogen (secondary N) is 1. The largest absolute Gasteiger partial charge is 0.375 e. The van der Waals surface area contributed by atoms with Crippen molar-refractivity contribution in [2.45, 2.75) is 6.92 Å². The van der Waals surface area contributed by atoms with Gasteiger partial charge in [-0.3, -0.25) is 4.79 Å². The van der Waals surface area contributed by atoms with Crippen LogP contribution in [-0.2, 0) is 0 Å². The number of benzene rings is 2. The first-order valence-electron chi connectivity index (χ1n) is 7.81. The Morgan fingerprint density at radius 1 is 1.17 bits per heavy atom. The Labute approximate surface area is 145 Å². The summed E-state index contributed by atoms with van der Waals surface area (Å²) in [5, 5.41) is 3.79. The third kappa shape index (κ3) is 3.63. The maximum Gasteiger partial charge on any atom is 0.267 e. The van der Waals surface area contributed by atoms with Gasteiger partial charge < -0.3 is 10.2 Å². The molecule has 1 amide bonds. The minimum absolute atomic E-state index is 0.133. The van der Waals surface area contributed by atoms with Crippen molar-refractivity contribution < 1.29 is 4.79 Å². The maximum absolute atomic E-state index is 12.5. The lowest BCUT2D eigenvalue weighted by atomic mass is 10.2. The van der Waals surface area contributed by atoms with Gasteiger partial charge in [-0.25, -0.2) is 4.98 Å². The van der Waals surface area contributed by atoms with E-state index >= 15 is 0 Å². The summed E-state index contributed by atoms with van der Waals surface area (Å²) in [5.41, 5.74) is 2.88. The molecule has 0 saturated carbocycles. The zero-order valence-corrected chi connectivity index (χ0v) is 14.5. The first kappa shape index (κ1) is 16.2. The zero-order valence-electron chi connectivity index (χ0n) is 13.7. The number of hydrogen-bond acceptors (Lipinski definition) is 4. The molecule has 0 aliphatic rings. The van der Waals surface area contributed by atoms with Crippen molar-refractivity contribution >= 4 is 28.6 Å². The molecule has 4 nitrogen and oxygen atoms in total. The van der Waals surface area contributed by atoms with E-state index in [0.717, 1.165) is 28.5 Å². The van der Waals surface area contributed by atoms with Gasteiger partial charge in [0.25, 0.3) is 5.91 Å². The molecule has 122 valence electrons. The molecule has 3 aromatic rings. The van der Waals surface area contributed by atoms with Gasteiger partial charge in [-0.05, 0) is 25.1 Å². The molecule has 1 aromatic heterocycles. The van der Waals surface area contributed by atoms with Gasteiger partial charge in [0.15, 0.2) is 0 Å². The molecule has 1 heterocycles. The SMILES string of the molecule is CCN(C)c1cccc(NC(=O)c2cnc(-c3ccccc3)s2)c1. The average Bonchev–Trinajstić information content (AvgIpc) is 3.12. The van der Waals surface area contributed by atoms with Crippen LogP contribution in [0.15, 0.2) is 60.8 Å². The van der Waals surface area contributed by atoms with Gasteiger partial charge in [-0.1, -0.05) is 36.4 Å². The Balaban J connectivity index is 1.75. The standard InChI is InChI=1S/C19H19N3OS/c1-3-22(2)16-11-7-10-15(12-16)21-18(23)17-13-20-19(24-17)14-8-5-4-6-9-14/h4-13H,3H2,1-2H3,(H,21,23). The quantitative estimate of drug-likeness (QED) is 0.744. The van der Waals surface area contributed by atoms with Crippen molar-refractivity contribution in [1.29, 1.82) is 0 Å². The summed E-state index contributed by atoms with van der Waals surface area (Å²) in [7, 11) is 2.02. The number of thiazole rings is 1. The van der Waals surface area contributed by atoms with Gasteiger partial charge in [0.05, 0.1) is 6.20 Å². The Hall–Kier alpha value is -2.66. The molecule has 0 bridgehead atoms. The molecule has 0 aliphatic heterocycles. The summed E-state index contributed by atoms with van der Waals surface area (Å²) in [6.07, 6.45) is 1.63. The van der Waals surface area contributed by atoms with Crippen molar-refractivity contribution in [3.05, 3.63) is 65.7 Å². The highest BCUT2D eigenvalue weighted by molar-refractivity contribution is 7.17. The second kappa shape index (κ2) is 7.27. The molecule has 0 aliphatic carbocycles. The van der Waals surface area contributed by atoms with Gasteiger partial charge in [0.2, 0.25) is 0 Å². The lowest BCUT2D eigenvalue weighted by molar-refractivity contribution is 0.103. The summed E-state index contributed by atoms with van der Waals surface area (Å²) in [4.78, 5) is 19.5. The molecule has 0 unspecified atom stereocenters. The normalized spacial score (nSPS) is 10.4. The highest BCUT2D eigenvalue weighted by atomic mass is 32.1. The molecular formula is C19H19N3OS. The van der Waals surface area contributed by atoms with Crippen LogP contribution in [0.4, 0.5) is 11.4 Å². The molecule has 5 heteroatoms. The Morgan fingerprint density at radius 3 is 2.71 bits per heavy atom. The van der Waals surface area contributed by atoms with Crippen LogP contribution >= 0.6 is 11.3 Å². The summed E-state index contributed by atoms with van der Waals surface area (Å²) >= 11 is 1.39. The van der Waals surface area contributed by atoms with Gasteiger partial charge in [-0.2, -0.15) is 0 Å². The average molecular weight is 337 g/mol. The van der Waals surface area contributed by atoms with E-state index in [2.05, 4.69) is 22.1 Å². The number of carbonyl (C=O) groups is 1. The van der Waals surface area contributed by atoms with E-state index < -0.39 is 0 Å². The predicted octanol–water partition coefficient (Wildman–Crippen LogP) is 4.52. The summed E-state index contributed by atoms with van der Waals surface area (Å²) < 4.78 is 0. The molecule has 0 fully saturated rings. The fraction of sp³-hybridized carbons (Fsp3) is 0.158. The molecular weight excluding hydrogens is 318 g/mol. The van der Waals surface area contributed by atoms with Gasteiger partial charge >= 0.3 is 0 Å². The van der Waals surface area contributed by atoms with E-state index in [-0.39, 0.29) is 5.91 Å². The van der Waals surface area contributed by atoms with E-state index in [1.54, 1.807) is 6.20 Å². The van der Waals surface area contributed by atoms with E-state index in [1.165, 1.54) is 11.3 Å². The van der Waals surface area contributed by atoms with Gasteiger partial charge in [-0.15, -0.1) is 11.3 Å². The lowest BCUT2D eigenvalue weighted by Crippen LogP contribution is -2.16. The summed E-state index contributed by atoms with van der Waals surface area (Å²) in [5.74, 6) is -0.133. The van der Waals surface area contributed by atoms with Crippen LogP contribution in [0.2, 0.25) is 0 Å². The minimum Gasteiger partial charge on any atom is -0.375 e. The van der Waals surface area contributed by atoms with Crippen molar-refractivity contribution in [2.24, 2.45) is 0 Å². The zero-order chi connectivity index (χ0) is 16.9. The topological polar surface area (TPSA) is 45.2 Å². The maximum atomic E-state index is 12.5. The van der Waals surface area contributed by atoms with Crippen molar-refractivity contribution in [1.82, 2.24) is 4.98 Å². The minimum atomic E-state index is -0.133. The Morgan fingerprint density at radius 2 is 1.96 bits per heavy atom. The lowest BCUT2D eigenvalue weighted by Gasteiger charge is -2.17. The van der Waals surface area contributed by atoms with E-state index in [1.807, 2.05) is 61.6 Å². The molecule has 0 atom stereocenters. The van der Waals surface area contributed by atoms with Crippen LogP contribution in [0.1, 0.15) is 16.6 Å². The van der Waals surface area contributed by atoms with Crippen LogP contribution in [0.25, 0.3) is 10.6 Å². The van der Waals surface area contributed by atoms with E-state index in [0.29, 0.717) is 4.88 Å². The van der Waals surface area contributed by atoms with Crippen molar-refractivity contribution in [2.75, 3.05) is 23.8 Å². The van der Waals surface area contributed by atoms with E-state index in [4.69, 9.17) is 0 Å². The second-order valence-corrected chi connectivity index (χ2v) is 6.44. The number of hydrogen-bond donors (Lipinski definition) is 1. The molecule has 24 heavy (non-hydrogen) atoms. The number of anilines is 2. The van der Waals surface area contributed by atoms with Crippen molar-refractivity contribution in [3.63, 3.8) is 0 Å². The number of carbonyl (C=O) groups excluding carboxylic acids is 1. The number of nitrogens with zero attached hydrogens (tertiary/aromatic N) is 2. The second-order valence-electron chi connectivity index (χ2n) is 5.41. The third-order valence-electron chi connectivity index (χ3n) is 3.77. The highest BCUT2D eigenvalue weighted by Gasteiger charge is 2.12. The van der Waals surface area contributed by atoms with Crippen LogP contribution in [-0.4, -0.2) is 24.5 Å². The Kier molecular flexibility index (Phi) is 4.91. The number of aromatic nitrogens is 1. The van der Waals surface area contributed by atoms with Crippen LogP contribution in [0.5, 0.6) is 0 Å². The van der Waals surface area contributed by atoms with Crippen LogP contribution < -0.4 is 10.2 Å². The number of amides is 1. The molecule has 2 aromatic carbocycles. The van der Waals surface area contributed by atoms with Crippen LogP contribution in [0.3, 0.4) is 0 Å². The molecule has 0 saturated heterocycles. The first-order valence-corrected chi connectivity index (χ1v) is 8.63. The fourth-order valence-corrected chi connectivity index (χ4v) is 3.11. The van der Waals surface area contributed by atoms with Crippen molar-refractivity contribution in [3.8, 4) is 10.6 Å². The summed E-state index contributed by atoms with van der Waals surface area (Å²) in [6, 6.07) is 17.7. The monoisotopic (exact) mass is 337 g/mol.